The highest BCUT2D eigenvalue weighted by atomic mass is 16.6. The number of ether oxygens (including phenoxy) is 1. The molecule has 0 radical (unpaired) electrons. The smallest absolute Gasteiger partial charge is 0.307 e. The van der Waals surface area contributed by atoms with Crippen molar-refractivity contribution in [3.63, 3.8) is 0 Å². The first kappa shape index (κ1) is 20.6. The highest BCUT2D eigenvalue weighted by Crippen LogP contribution is 2.36. The van der Waals surface area contributed by atoms with E-state index in [-0.39, 0.29) is 43.6 Å². The number of carbonyl (C=O) groups is 2. The van der Waals surface area contributed by atoms with Gasteiger partial charge in [0.15, 0.2) is 6.61 Å². The lowest BCUT2D eigenvalue weighted by Gasteiger charge is -2.16. The number of carbonyl (C=O) groups excluding carboxylic acids is 2. The van der Waals surface area contributed by atoms with Crippen LogP contribution < -0.4 is 0 Å². The van der Waals surface area contributed by atoms with Crippen LogP contribution in [0.2, 0.25) is 0 Å². The third kappa shape index (κ3) is 5.04. The zero-order valence-electron chi connectivity index (χ0n) is 16.4. The SMILES string of the molecule is CCc1ccc(-c2noc(COC(=O)C[C@H]3C(=O)C[C@@H](C)[C@@H]3C[N+](=O)[O-])n2)cc1. The molecule has 1 aliphatic carbocycles. The lowest BCUT2D eigenvalue weighted by atomic mass is 9.88. The van der Waals surface area contributed by atoms with E-state index in [0.717, 1.165) is 12.0 Å². The Kier molecular flexibility index (Phi) is 6.36. The number of nitro groups is 1. The average Bonchev–Trinajstić information content (AvgIpc) is 3.26. The highest BCUT2D eigenvalue weighted by Gasteiger charge is 2.44. The Morgan fingerprint density at radius 2 is 2.07 bits per heavy atom. The van der Waals surface area contributed by atoms with E-state index >= 15 is 0 Å². The first-order valence-electron chi connectivity index (χ1n) is 9.59. The minimum absolute atomic E-state index is 0.122. The van der Waals surface area contributed by atoms with Crippen molar-refractivity contribution in [2.24, 2.45) is 17.8 Å². The maximum absolute atomic E-state index is 12.2. The van der Waals surface area contributed by atoms with Gasteiger partial charge in [-0.3, -0.25) is 19.7 Å². The summed E-state index contributed by atoms with van der Waals surface area (Å²) in [7, 11) is 0. The van der Waals surface area contributed by atoms with Crippen LogP contribution in [0.25, 0.3) is 11.4 Å². The van der Waals surface area contributed by atoms with Crippen LogP contribution in [0, 0.1) is 27.9 Å². The minimum atomic E-state index is -0.682. The van der Waals surface area contributed by atoms with Crippen LogP contribution in [0.4, 0.5) is 0 Å². The number of rotatable bonds is 8. The maximum atomic E-state index is 12.2. The zero-order chi connectivity index (χ0) is 21.0. The van der Waals surface area contributed by atoms with Crippen molar-refractivity contribution in [1.29, 1.82) is 0 Å². The summed E-state index contributed by atoms with van der Waals surface area (Å²) in [5, 5.41) is 14.7. The second-order valence-corrected chi connectivity index (χ2v) is 7.36. The van der Waals surface area contributed by atoms with Crippen LogP contribution >= 0.6 is 0 Å². The Morgan fingerprint density at radius 3 is 2.72 bits per heavy atom. The molecule has 9 nitrogen and oxygen atoms in total. The van der Waals surface area contributed by atoms with Gasteiger partial charge in [-0.2, -0.15) is 4.98 Å². The van der Waals surface area contributed by atoms with Gasteiger partial charge in [0.05, 0.1) is 6.42 Å². The van der Waals surface area contributed by atoms with E-state index in [1.54, 1.807) is 6.92 Å². The monoisotopic (exact) mass is 401 g/mol. The second-order valence-electron chi connectivity index (χ2n) is 7.36. The lowest BCUT2D eigenvalue weighted by molar-refractivity contribution is -0.490. The van der Waals surface area contributed by atoms with Gasteiger partial charge >= 0.3 is 5.97 Å². The molecule has 0 saturated heterocycles. The van der Waals surface area contributed by atoms with Crippen LogP contribution in [0.3, 0.4) is 0 Å². The van der Waals surface area contributed by atoms with Gasteiger partial charge in [0.2, 0.25) is 12.4 Å². The molecule has 0 N–H and O–H groups in total. The van der Waals surface area contributed by atoms with Crippen LogP contribution in [0.15, 0.2) is 28.8 Å². The number of benzene rings is 1. The van der Waals surface area contributed by atoms with E-state index in [0.29, 0.717) is 5.82 Å². The molecule has 1 fully saturated rings. The number of esters is 1. The van der Waals surface area contributed by atoms with Crippen molar-refractivity contribution in [3.8, 4) is 11.4 Å². The molecular formula is C20H23N3O6. The summed E-state index contributed by atoms with van der Waals surface area (Å²) in [6, 6.07) is 7.74. The molecule has 29 heavy (non-hydrogen) atoms. The molecule has 1 heterocycles. The molecular weight excluding hydrogens is 378 g/mol. The number of nitrogens with zero attached hydrogens (tertiary/aromatic N) is 3. The van der Waals surface area contributed by atoms with Crippen LogP contribution in [-0.4, -0.2) is 33.4 Å². The predicted molar refractivity (Wildman–Crippen MR) is 101 cm³/mol. The Morgan fingerprint density at radius 1 is 1.34 bits per heavy atom. The van der Waals surface area contributed by atoms with Gasteiger partial charge in [0, 0.05) is 28.7 Å². The lowest BCUT2D eigenvalue weighted by Crippen LogP contribution is -2.27. The molecule has 0 spiro atoms. The van der Waals surface area contributed by atoms with Gasteiger partial charge in [0.25, 0.3) is 5.89 Å². The summed E-state index contributed by atoms with van der Waals surface area (Å²) in [5.74, 6) is -1.46. The highest BCUT2D eigenvalue weighted by molar-refractivity contribution is 5.87. The molecule has 1 aliphatic rings. The number of hydrogen-bond acceptors (Lipinski definition) is 8. The van der Waals surface area contributed by atoms with Crippen molar-refractivity contribution in [1.82, 2.24) is 10.1 Å². The molecule has 0 bridgehead atoms. The molecule has 9 heteroatoms. The topological polar surface area (TPSA) is 125 Å². The van der Waals surface area contributed by atoms with Crippen molar-refractivity contribution in [2.45, 2.75) is 39.7 Å². The number of Topliss-reactive ketones (excluding diaryl/α,β-unsaturated/α-hetero) is 1. The minimum Gasteiger partial charge on any atom is -0.456 e. The Labute approximate surface area is 167 Å². The van der Waals surface area contributed by atoms with E-state index in [1.807, 2.05) is 24.3 Å². The molecule has 3 atom stereocenters. The van der Waals surface area contributed by atoms with E-state index in [9.17, 15) is 19.7 Å². The second kappa shape index (κ2) is 8.93. The van der Waals surface area contributed by atoms with Crippen LogP contribution in [0.5, 0.6) is 0 Å². The van der Waals surface area contributed by atoms with Gasteiger partial charge in [-0.1, -0.05) is 43.3 Å². The van der Waals surface area contributed by atoms with Crippen molar-refractivity contribution in [3.05, 3.63) is 45.8 Å². The average molecular weight is 401 g/mol. The maximum Gasteiger partial charge on any atom is 0.307 e. The van der Waals surface area contributed by atoms with Crippen LogP contribution in [-0.2, 0) is 27.4 Å². The normalized spacial score (nSPS) is 21.3. The predicted octanol–water partition coefficient (Wildman–Crippen LogP) is 2.85. The summed E-state index contributed by atoms with van der Waals surface area (Å²) < 4.78 is 10.3. The van der Waals surface area contributed by atoms with E-state index in [2.05, 4.69) is 17.1 Å². The fourth-order valence-electron chi connectivity index (χ4n) is 3.70. The largest absolute Gasteiger partial charge is 0.456 e. The van der Waals surface area contributed by atoms with Gasteiger partial charge in [-0.25, -0.2) is 0 Å². The van der Waals surface area contributed by atoms with Crippen molar-refractivity contribution < 1.29 is 23.8 Å². The molecule has 1 aromatic heterocycles. The molecule has 3 rings (SSSR count). The first-order valence-corrected chi connectivity index (χ1v) is 9.59. The summed E-state index contributed by atoms with van der Waals surface area (Å²) in [6.07, 6.45) is 1.000. The molecule has 154 valence electrons. The van der Waals surface area contributed by atoms with Crippen LogP contribution in [0.1, 0.15) is 38.1 Å². The Bertz CT molecular complexity index is 892. The fraction of sp³-hybridized carbons (Fsp3) is 0.500. The third-order valence-electron chi connectivity index (χ3n) is 5.38. The molecule has 1 aromatic carbocycles. The molecule has 2 aromatic rings. The Balaban J connectivity index is 1.56. The van der Waals surface area contributed by atoms with Gasteiger partial charge in [0.1, 0.15) is 5.78 Å². The number of hydrogen-bond donors (Lipinski definition) is 0. The van der Waals surface area contributed by atoms with Crippen molar-refractivity contribution in [2.75, 3.05) is 6.54 Å². The summed E-state index contributed by atoms with van der Waals surface area (Å²) >= 11 is 0. The molecule has 0 unspecified atom stereocenters. The molecule has 1 saturated carbocycles. The first-order chi connectivity index (χ1) is 13.9. The van der Waals surface area contributed by atoms with Crippen molar-refractivity contribution >= 4 is 11.8 Å². The van der Waals surface area contributed by atoms with Gasteiger partial charge in [-0.05, 0) is 17.9 Å². The standard InChI is InChI=1S/C20H23N3O6/c1-3-13-4-6-14(7-5-13)20-21-18(29-22-20)11-28-19(25)9-15-16(10-23(26)27)12(2)8-17(15)24/h4-7,12,15-16H,3,8-11H2,1-2H3/t12-,15-,16+/m1/s1. The fourth-order valence-corrected chi connectivity index (χ4v) is 3.70. The summed E-state index contributed by atoms with van der Waals surface area (Å²) in [4.78, 5) is 38.9. The number of aryl methyl sites for hydroxylation is 1. The number of aromatic nitrogens is 2. The van der Waals surface area contributed by atoms with Gasteiger partial charge in [-0.15, -0.1) is 0 Å². The number of ketones is 1. The summed E-state index contributed by atoms with van der Waals surface area (Å²) in [6.45, 7) is 3.32. The van der Waals surface area contributed by atoms with E-state index in [4.69, 9.17) is 9.26 Å². The molecule has 0 aliphatic heterocycles. The summed E-state index contributed by atoms with van der Waals surface area (Å²) in [5.41, 5.74) is 1.98. The third-order valence-corrected chi connectivity index (χ3v) is 5.38. The quantitative estimate of drug-likeness (QED) is 0.375. The zero-order valence-corrected chi connectivity index (χ0v) is 16.4. The van der Waals surface area contributed by atoms with E-state index < -0.39 is 22.7 Å². The van der Waals surface area contributed by atoms with E-state index in [1.165, 1.54) is 5.56 Å². The van der Waals surface area contributed by atoms with Gasteiger partial charge < -0.3 is 9.26 Å². The Hall–Kier alpha value is -3.10. The molecule has 0 amide bonds.